The van der Waals surface area contributed by atoms with Gasteiger partial charge in [-0.3, -0.25) is 19.3 Å². The molecule has 1 amide bonds. The number of halogens is 3. The van der Waals surface area contributed by atoms with E-state index >= 15 is 0 Å². The molecule has 1 aromatic carbocycles. The molecule has 174 valence electrons. The maximum Gasteiger partial charge on any atom is 0.416 e. The molecule has 0 saturated carbocycles. The van der Waals surface area contributed by atoms with Crippen LogP contribution in [0, 0.1) is 16.0 Å². The zero-order chi connectivity index (χ0) is 23.6. The Kier molecular flexibility index (Phi) is 6.16. The van der Waals surface area contributed by atoms with E-state index in [0.29, 0.717) is 45.0 Å². The van der Waals surface area contributed by atoms with Crippen LogP contribution in [-0.4, -0.2) is 45.1 Å². The second-order valence-electron chi connectivity index (χ2n) is 7.81. The number of carbonyl (C=O) groups is 1. The molecular formula is C21H21F3N6O3. The Bertz CT molecular complexity index is 1170. The third-order valence-electron chi connectivity index (χ3n) is 5.74. The van der Waals surface area contributed by atoms with E-state index in [9.17, 15) is 28.1 Å². The van der Waals surface area contributed by atoms with Crippen molar-refractivity contribution >= 4 is 22.9 Å². The minimum absolute atomic E-state index is 0.120. The number of nitro benzene ring substituents is 1. The molecule has 0 unspecified atom stereocenters. The average Bonchev–Trinajstić information content (AvgIpc) is 3.21. The number of carbonyl (C=O) groups excluding carboxylic acids is 1. The van der Waals surface area contributed by atoms with Crippen molar-refractivity contribution in [2.75, 3.05) is 24.5 Å². The van der Waals surface area contributed by atoms with Gasteiger partial charge >= 0.3 is 6.18 Å². The lowest BCUT2D eigenvalue weighted by molar-refractivity contribution is -0.384. The van der Waals surface area contributed by atoms with Gasteiger partial charge in [0, 0.05) is 44.2 Å². The molecule has 33 heavy (non-hydrogen) atoms. The minimum Gasteiger partial charge on any atom is -0.366 e. The molecule has 0 bridgehead atoms. The number of nitrogens with one attached hydrogen (secondary N) is 1. The molecule has 1 aliphatic rings. The summed E-state index contributed by atoms with van der Waals surface area (Å²) < 4.78 is 40.6. The second-order valence-corrected chi connectivity index (χ2v) is 7.81. The van der Waals surface area contributed by atoms with Gasteiger partial charge in [0.2, 0.25) is 5.91 Å². The number of pyridine rings is 1. The highest BCUT2D eigenvalue weighted by Crippen LogP contribution is 2.37. The number of nitro groups is 1. The number of rotatable bonds is 6. The van der Waals surface area contributed by atoms with Crippen molar-refractivity contribution in [3.05, 3.63) is 64.1 Å². The first kappa shape index (κ1) is 22.5. The topological polar surface area (TPSA) is 106 Å². The summed E-state index contributed by atoms with van der Waals surface area (Å²) in [4.78, 5) is 24.8. The highest BCUT2D eigenvalue weighted by atomic mass is 19.4. The Morgan fingerprint density at radius 3 is 2.64 bits per heavy atom. The molecule has 0 aliphatic carbocycles. The monoisotopic (exact) mass is 462 g/mol. The van der Waals surface area contributed by atoms with E-state index in [1.807, 2.05) is 28.8 Å². The van der Waals surface area contributed by atoms with Crippen molar-refractivity contribution in [1.29, 1.82) is 0 Å². The molecule has 1 aliphatic heterocycles. The first-order valence-corrected chi connectivity index (χ1v) is 10.4. The summed E-state index contributed by atoms with van der Waals surface area (Å²) in [5, 5.41) is 22.4. The molecule has 0 atom stereocenters. The van der Waals surface area contributed by atoms with E-state index in [0.717, 1.165) is 23.6 Å². The Morgan fingerprint density at radius 1 is 1.18 bits per heavy atom. The number of amides is 1. The normalized spacial score (nSPS) is 15.1. The lowest BCUT2D eigenvalue weighted by Gasteiger charge is -2.32. The lowest BCUT2D eigenvalue weighted by atomic mass is 9.95. The van der Waals surface area contributed by atoms with Crippen molar-refractivity contribution < 1.29 is 22.9 Å². The van der Waals surface area contributed by atoms with Crippen LogP contribution >= 0.6 is 0 Å². The molecular weight excluding hydrogens is 441 g/mol. The molecule has 1 saturated heterocycles. The number of nitrogens with zero attached hydrogens (tertiary/aromatic N) is 5. The SMILES string of the molecule is O=C(NCCc1nnc2ccccn12)C1CCN(c2ccc(C(F)(F)F)cc2[N+](=O)[O-])CC1. The van der Waals surface area contributed by atoms with E-state index in [-0.39, 0.29) is 17.5 Å². The predicted octanol–water partition coefficient (Wildman–Crippen LogP) is 3.23. The number of fused-ring (bicyclic) bond motifs is 1. The van der Waals surface area contributed by atoms with Crippen LogP contribution in [0.5, 0.6) is 0 Å². The van der Waals surface area contributed by atoms with Gasteiger partial charge in [-0.15, -0.1) is 10.2 Å². The minimum atomic E-state index is -4.66. The summed E-state index contributed by atoms with van der Waals surface area (Å²) >= 11 is 0. The molecule has 1 N–H and O–H groups in total. The van der Waals surface area contributed by atoms with Crippen LogP contribution in [0.1, 0.15) is 24.2 Å². The average molecular weight is 462 g/mol. The number of anilines is 1. The van der Waals surface area contributed by atoms with Gasteiger partial charge in [-0.25, -0.2) is 0 Å². The molecule has 1 fully saturated rings. The zero-order valence-corrected chi connectivity index (χ0v) is 17.5. The summed E-state index contributed by atoms with van der Waals surface area (Å²) in [6.45, 7) is 1.05. The fourth-order valence-corrected chi connectivity index (χ4v) is 4.00. The van der Waals surface area contributed by atoms with E-state index in [1.54, 1.807) is 4.90 Å². The van der Waals surface area contributed by atoms with E-state index < -0.39 is 22.4 Å². The van der Waals surface area contributed by atoms with Crippen LogP contribution in [0.4, 0.5) is 24.5 Å². The quantitative estimate of drug-likeness (QED) is 0.445. The summed E-state index contributed by atoms with van der Waals surface area (Å²) in [5.41, 5.74) is -0.796. The first-order valence-electron chi connectivity index (χ1n) is 10.4. The first-order chi connectivity index (χ1) is 15.7. The maximum absolute atomic E-state index is 12.9. The van der Waals surface area contributed by atoms with Gasteiger partial charge in [-0.05, 0) is 37.1 Å². The van der Waals surface area contributed by atoms with Crippen LogP contribution in [-0.2, 0) is 17.4 Å². The van der Waals surface area contributed by atoms with Crippen LogP contribution in [0.15, 0.2) is 42.6 Å². The van der Waals surface area contributed by atoms with Gasteiger partial charge in [0.1, 0.15) is 11.5 Å². The smallest absolute Gasteiger partial charge is 0.366 e. The van der Waals surface area contributed by atoms with Gasteiger partial charge in [-0.1, -0.05) is 6.07 Å². The standard InChI is InChI=1S/C21H21F3N6O3/c22-21(23,24)15-4-5-16(17(13-15)30(32)33)28-11-7-14(8-12-28)20(31)25-9-6-19-27-26-18-3-1-2-10-29(18)19/h1-5,10,13-14H,6-9,11-12H2,(H,25,31). The number of hydrogen-bond donors (Lipinski definition) is 1. The number of piperidine rings is 1. The molecule has 4 rings (SSSR count). The van der Waals surface area contributed by atoms with Crippen molar-refractivity contribution in [2.45, 2.75) is 25.4 Å². The van der Waals surface area contributed by atoms with Gasteiger partial charge in [0.05, 0.1) is 10.5 Å². The largest absolute Gasteiger partial charge is 0.416 e. The van der Waals surface area contributed by atoms with Crippen molar-refractivity contribution in [3.8, 4) is 0 Å². The Morgan fingerprint density at radius 2 is 1.94 bits per heavy atom. The Balaban J connectivity index is 1.33. The molecule has 9 nitrogen and oxygen atoms in total. The number of alkyl halides is 3. The van der Waals surface area contributed by atoms with E-state index in [2.05, 4.69) is 15.5 Å². The Labute approximate surface area is 186 Å². The predicted molar refractivity (Wildman–Crippen MR) is 113 cm³/mol. The number of benzene rings is 1. The second kappa shape index (κ2) is 9.04. The van der Waals surface area contributed by atoms with Crippen molar-refractivity contribution in [1.82, 2.24) is 19.9 Å². The molecule has 3 heterocycles. The maximum atomic E-state index is 12.9. The van der Waals surface area contributed by atoms with Crippen molar-refractivity contribution in [3.63, 3.8) is 0 Å². The van der Waals surface area contributed by atoms with Gasteiger partial charge < -0.3 is 10.2 Å². The molecule has 3 aromatic rings. The molecule has 2 aromatic heterocycles. The van der Waals surface area contributed by atoms with Crippen LogP contribution in [0.2, 0.25) is 0 Å². The third-order valence-corrected chi connectivity index (χ3v) is 5.74. The van der Waals surface area contributed by atoms with Crippen LogP contribution < -0.4 is 10.2 Å². The zero-order valence-electron chi connectivity index (χ0n) is 17.5. The summed E-state index contributed by atoms with van der Waals surface area (Å²) in [7, 11) is 0. The third kappa shape index (κ3) is 4.89. The van der Waals surface area contributed by atoms with Gasteiger partial charge in [0.25, 0.3) is 5.69 Å². The summed E-state index contributed by atoms with van der Waals surface area (Å²) in [6, 6.07) is 8.10. The highest BCUT2D eigenvalue weighted by molar-refractivity contribution is 5.79. The highest BCUT2D eigenvalue weighted by Gasteiger charge is 2.34. The van der Waals surface area contributed by atoms with E-state index in [1.165, 1.54) is 0 Å². The number of hydrogen-bond acceptors (Lipinski definition) is 6. The van der Waals surface area contributed by atoms with Gasteiger partial charge in [-0.2, -0.15) is 13.2 Å². The summed E-state index contributed by atoms with van der Waals surface area (Å²) in [5.74, 6) is 0.339. The molecule has 0 radical (unpaired) electrons. The van der Waals surface area contributed by atoms with Crippen molar-refractivity contribution in [2.24, 2.45) is 5.92 Å². The Hall–Kier alpha value is -3.70. The fraction of sp³-hybridized carbons (Fsp3) is 0.381. The lowest BCUT2D eigenvalue weighted by Crippen LogP contribution is -2.41. The summed E-state index contributed by atoms with van der Waals surface area (Å²) in [6.07, 6.45) is -1.42. The van der Waals surface area contributed by atoms with Gasteiger partial charge in [0.15, 0.2) is 5.65 Å². The molecule has 0 spiro atoms. The molecule has 12 heteroatoms. The van der Waals surface area contributed by atoms with Crippen LogP contribution in [0.3, 0.4) is 0 Å². The van der Waals surface area contributed by atoms with E-state index in [4.69, 9.17) is 0 Å². The van der Waals surface area contributed by atoms with Crippen LogP contribution in [0.25, 0.3) is 5.65 Å². The fourth-order valence-electron chi connectivity index (χ4n) is 4.00. The number of aromatic nitrogens is 3.